The molecule has 88 valence electrons. The van der Waals surface area contributed by atoms with Crippen LogP contribution in [0.4, 0.5) is 8.78 Å². The van der Waals surface area contributed by atoms with E-state index in [1.54, 1.807) is 6.92 Å². The summed E-state index contributed by atoms with van der Waals surface area (Å²) in [4.78, 5) is 15.0. The lowest BCUT2D eigenvalue weighted by Crippen LogP contribution is -2.09. The van der Waals surface area contributed by atoms with Gasteiger partial charge in [0.15, 0.2) is 0 Å². The Balaban J connectivity index is 3.15. The molecule has 0 saturated heterocycles. The van der Waals surface area contributed by atoms with Gasteiger partial charge in [-0.3, -0.25) is 0 Å². The second-order valence-electron chi connectivity index (χ2n) is 3.01. The fraction of sp³-hybridized carbons (Fsp3) is 0.400. The standard InChI is InChI=1S/C10H10ClF2NO2/c1-3-16-10(15)6-4-7(11)8(9(12)13)14-5(6)2/h4,9H,3H2,1-2H3. The van der Waals surface area contributed by atoms with Gasteiger partial charge >= 0.3 is 5.97 Å². The lowest BCUT2D eigenvalue weighted by molar-refractivity contribution is 0.0524. The van der Waals surface area contributed by atoms with Crippen molar-refractivity contribution < 1.29 is 18.3 Å². The average molecular weight is 250 g/mol. The molecule has 3 nitrogen and oxygen atoms in total. The molecule has 0 aliphatic heterocycles. The second-order valence-corrected chi connectivity index (χ2v) is 3.42. The van der Waals surface area contributed by atoms with Crippen LogP contribution in [0.1, 0.15) is 35.1 Å². The summed E-state index contributed by atoms with van der Waals surface area (Å²) in [5.41, 5.74) is -0.235. The lowest BCUT2D eigenvalue weighted by atomic mass is 10.2. The highest BCUT2D eigenvalue weighted by Crippen LogP contribution is 2.27. The predicted molar refractivity (Wildman–Crippen MR) is 54.9 cm³/mol. The van der Waals surface area contributed by atoms with Crippen molar-refractivity contribution in [3.05, 3.63) is 28.0 Å². The summed E-state index contributed by atoms with van der Waals surface area (Å²) >= 11 is 5.59. The molecule has 0 fully saturated rings. The number of hydrogen-bond acceptors (Lipinski definition) is 3. The number of aromatic nitrogens is 1. The molecule has 0 radical (unpaired) electrons. The number of carbonyl (C=O) groups is 1. The van der Waals surface area contributed by atoms with Crippen LogP contribution < -0.4 is 0 Å². The van der Waals surface area contributed by atoms with Gasteiger partial charge in [0.2, 0.25) is 0 Å². The summed E-state index contributed by atoms with van der Waals surface area (Å²) in [5, 5.41) is -0.233. The summed E-state index contributed by atoms with van der Waals surface area (Å²) in [6.45, 7) is 3.30. The minimum Gasteiger partial charge on any atom is -0.462 e. The molecule has 0 aliphatic carbocycles. The molecule has 0 unspecified atom stereocenters. The Labute approximate surface area is 96.4 Å². The zero-order valence-corrected chi connectivity index (χ0v) is 9.52. The summed E-state index contributed by atoms with van der Waals surface area (Å²) in [7, 11) is 0. The SMILES string of the molecule is CCOC(=O)c1cc(Cl)c(C(F)F)nc1C. The van der Waals surface area contributed by atoms with Crippen molar-refractivity contribution in [2.45, 2.75) is 20.3 Å². The molecule has 0 atom stereocenters. The van der Waals surface area contributed by atoms with Gasteiger partial charge in [0, 0.05) is 0 Å². The number of alkyl halides is 2. The highest BCUT2D eigenvalue weighted by Gasteiger charge is 2.19. The molecule has 1 aromatic heterocycles. The van der Waals surface area contributed by atoms with E-state index in [4.69, 9.17) is 16.3 Å². The molecule has 16 heavy (non-hydrogen) atoms. The first-order chi connectivity index (χ1) is 7.47. The monoisotopic (exact) mass is 249 g/mol. The van der Waals surface area contributed by atoms with E-state index in [1.807, 2.05) is 0 Å². The topological polar surface area (TPSA) is 39.2 Å². The molecular weight excluding hydrogens is 240 g/mol. The molecule has 0 bridgehead atoms. The third-order valence-electron chi connectivity index (χ3n) is 1.90. The second kappa shape index (κ2) is 5.21. The Bertz CT molecular complexity index is 410. The van der Waals surface area contributed by atoms with Gasteiger partial charge in [0.05, 0.1) is 22.9 Å². The molecular formula is C10H10ClF2NO2. The lowest BCUT2D eigenvalue weighted by Gasteiger charge is -2.08. The molecule has 0 amide bonds. The van der Waals surface area contributed by atoms with E-state index >= 15 is 0 Å². The van der Waals surface area contributed by atoms with Crippen molar-refractivity contribution in [3.8, 4) is 0 Å². The van der Waals surface area contributed by atoms with Gasteiger partial charge in [0.1, 0.15) is 5.69 Å². The minimum absolute atomic E-state index is 0.108. The van der Waals surface area contributed by atoms with Crippen LogP contribution in [-0.2, 0) is 4.74 Å². The van der Waals surface area contributed by atoms with Crippen molar-refractivity contribution in [2.75, 3.05) is 6.61 Å². The number of ether oxygens (including phenoxy) is 1. The van der Waals surface area contributed by atoms with Crippen LogP contribution in [0, 0.1) is 6.92 Å². The van der Waals surface area contributed by atoms with Crippen molar-refractivity contribution in [3.63, 3.8) is 0 Å². The Morgan fingerprint density at radius 1 is 1.62 bits per heavy atom. The fourth-order valence-corrected chi connectivity index (χ4v) is 1.40. The van der Waals surface area contributed by atoms with E-state index in [-0.39, 0.29) is 22.9 Å². The highest BCUT2D eigenvalue weighted by molar-refractivity contribution is 6.31. The van der Waals surface area contributed by atoms with Crippen LogP contribution in [-0.4, -0.2) is 17.6 Å². The molecule has 1 aromatic rings. The Morgan fingerprint density at radius 2 is 2.25 bits per heavy atom. The summed E-state index contributed by atoms with van der Waals surface area (Å²) in [6, 6.07) is 1.16. The largest absolute Gasteiger partial charge is 0.462 e. The molecule has 1 heterocycles. The van der Waals surface area contributed by atoms with Gasteiger partial charge in [-0.15, -0.1) is 0 Å². The number of halogens is 3. The molecule has 0 spiro atoms. The van der Waals surface area contributed by atoms with Crippen LogP contribution in [0.15, 0.2) is 6.07 Å². The van der Waals surface area contributed by atoms with Gasteiger partial charge in [-0.25, -0.2) is 18.6 Å². The summed E-state index contributed by atoms with van der Waals surface area (Å²) < 4.78 is 29.6. The molecule has 0 N–H and O–H groups in total. The van der Waals surface area contributed by atoms with Crippen molar-refractivity contribution in [1.29, 1.82) is 0 Å². The highest BCUT2D eigenvalue weighted by atomic mass is 35.5. The average Bonchev–Trinajstić information content (AvgIpc) is 2.20. The third kappa shape index (κ3) is 2.66. The first-order valence-electron chi connectivity index (χ1n) is 4.59. The minimum atomic E-state index is -2.76. The van der Waals surface area contributed by atoms with E-state index < -0.39 is 18.1 Å². The third-order valence-corrected chi connectivity index (χ3v) is 2.20. The number of pyridine rings is 1. The molecule has 0 saturated carbocycles. The Kier molecular flexibility index (Phi) is 4.18. The normalized spacial score (nSPS) is 10.6. The maximum atomic E-state index is 12.4. The number of nitrogens with zero attached hydrogens (tertiary/aromatic N) is 1. The van der Waals surface area contributed by atoms with E-state index in [1.165, 1.54) is 6.92 Å². The Morgan fingerprint density at radius 3 is 2.75 bits per heavy atom. The summed E-state index contributed by atoms with van der Waals surface area (Å²) in [5.74, 6) is -0.616. The maximum Gasteiger partial charge on any atom is 0.340 e. The quantitative estimate of drug-likeness (QED) is 0.773. The predicted octanol–water partition coefficient (Wildman–Crippen LogP) is 3.16. The zero-order chi connectivity index (χ0) is 12.3. The number of rotatable bonds is 3. The Hall–Kier alpha value is -1.23. The van der Waals surface area contributed by atoms with Gasteiger partial charge in [-0.05, 0) is 19.9 Å². The van der Waals surface area contributed by atoms with Gasteiger partial charge in [-0.2, -0.15) is 0 Å². The maximum absolute atomic E-state index is 12.4. The zero-order valence-electron chi connectivity index (χ0n) is 8.76. The first kappa shape index (κ1) is 12.8. The summed E-state index contributed by atoms with van der Waals surface area (Å²) in [6.07, 6.45) is -2.76. The van der Waals surface area contributed by atoms with Crippen LogP contribution in [0.3, 0.4) is 0 Å². The first-order valence-corrected chi connectivity index (χ1v) is 4.97. The van der Waals surface area contributed by atoms with Gasteiger partial charge in [0.25, 0.3) is 6.43 Å². The molecule has 6 heteroatoms. The molecule has 0 aliphatic rings. The van der Waals surface area contributed by atoms with Crippen LogP contribution in [0.2, 0.25) is 5.02 Å². The van der Waals surface area contributed by atoms with Crippen LogP contribution in [0.25, 0.3) is 0 Å². The number of hydrogen-bond donors (Lipinski definition) is 0. The molecule has 1 rings (SSSR count). The van der Waals surface area contributed by atoms with Crippen molar-refractivity contribution >= 4 is 17.6 Å². The fourth-order valence-electron chi connectivity index (χ4n) is 1.17. The van der Waals surface area contributed by atoms with E-state index in [0.29, 0.717) is 0 Å². The number of carbonyl (C=O) groups excluding carboxylic acids is 1. The number of esters is 1. The van der Waals surface area contributed by atoms with Crippen LogP contribution in [0.5, 0.6) is 0 Å². The van der Waals surface area contributed by atoms with Gasteiger partial charge < -0.3 is 4.74 Å². The van der Waals surface area contributed by atoms with Crippen molar-refractivity contribution in [1.82, 2.24) is 4.98 Å². The number of aryl methyl sites for hydroxylation is 1. The van der Waals surface area contributed by atoms with E-state index in [9.17, 15) is 13.6 Å². The van der Waals surface area contributed by atoms with E-state index in [0.717, 1.165) is 6.07 Å². The molecule has 0 aromatic carbocycles. The van der Waals surface area contributed by atoms with E-state index in [2.05, 4.69) is 4.98 Å². The van der Waals surface area contributed by atoms with Gasteiger partial charge in [-0.1, -0.05) is 11.6 Å². The van der Waals surface area contributed by atoms with Crippen LogP contribution >= 0.6 is 11.6 Å². The van der Waals surface area contributed by atoms with Crippen molar-refractivity contribution in [2.24, 2.45) is 0 Å². The smallest absolute Gasteiger partial charge is 0.340 e.